The number of rotatable bonds is 5. The summed E-state index contributed by atoms with van der Waals surface area (Å²) >= 11 is 0. The Labute approximate surface area is 184 Å². The molecule has 0 aliphatic heterocycles. The Morgan fingerprint density at radius 1 is 0.844 bits per heavy atom. The van der Waals surface area contributed by atoms with Crippen molar-refractivity contribution in [3.8, 4) is 0 Å². The Morgan fingerprint density at radius 3 is 2.03 bits per heavy atom. The van der Waals surface area contributed by atoms with E-state index in [1.807, 2.05) is 0 Å². The number of halogens is 3. The first-order chi connectivity index (χ1) is 15.1. The summed E-state index contributed by atoms with van der Waals surface area (Å²) in [5.74, 6) is -2.52. The monoisotopic (exact) mass is 464 g/mol. The second kappa shape index (κ2) is 7.59. The van der Waals surface area contributed by atoms with Gasteiger partial charge in [-0.05, 0) is 86.6 Å². The summed E-state index contributed by atoms with van der Waals surface area (Å²) in [6.45, 7) is 0. The summed E-state index contributed by atoms with van der Waals surface area (Å²) in [5, 5.41) is 2.27. The van der Waals surface area contributed by atoms with Gasteiger partial charge in [0.15, 0.2) is 11.6 Å². The van der Waals surface area contributed by atoms with Crippen molar-refractivity contribution in [2.24, 2.45) is 17.8 Å². The van der Waals surface area contributed by atoms with Gasteiger partial charge in [-0.1, -0.05) is 0 Å². The van der Waals surface area contributed by atoms with Gasteiger partial charge in [-0.25, -0.2) is 26.3 Å². The predicted molar refractivity (Wildman–Crippen MR) is 112 cm³/mol. The average molecular weight is 465 g/mol. The molecule has 4 aliphatic carbocycles. The van der Waals surface area contributed by atoms with Gasteiger partial charge in [-0.2, -0.15) is 0 Å². The first kappa shape index (κ1) is 21.5. The highest BCUT2D eigenvalue weighted by molar-refractivity contribution is 7.89. The normalized spacial score (nSPS) is 28.7. The Bertz CT molecular complexity index is 1160. The molecule has 0 atom stereocenters. The van der Waals surface area contributed by atoms with Crippen molar-refractivity contribution >= 4 is 21.6 Å². The standard InChI is InChI=1S/C23H23F3N2O3S/c24-19-4-2-17(9-18(19)22(29)27-16-1-3-20(25)21(26)8-16)32(30,31)28-23-10-13-5-14(11-23)7-15(6-13)12-23/h1-4,8-9,13-15,28H,5-7,10-12H2,(H,27,29). The van der Waals surface area contributed by atoms with Crippen LogP contribution in [0, 0.1) is 35.2 Å². The van der Waals surface area contributed by atoms with Crippen LogP contribution >= 0.6 is 0 Å². The third kappa shape index (κ3) is 3.92. The van der Waals surface area contributed by atoms with Crippen molar-refractivity contribution in [3.05, 3.63) is 59.4 Å². The van der Waals surface area contributed by atoms with E-state index < -0.39 is 44.5 Å². The second-order valence-corrected chi connectivity index (χ2v) is 11.2. The summed E-state index contributed by atoms with van der Waals surface area (Å²) in [4.78, 5) is 12.3. The van der Waals surface area contributed by atoms with E-state index in [1.54, 1.807) is 0 Å². The number of amides is 1. The van der Waals surface area contributed by atoms with E-state index in [0.717, 1.165) is 74.9 Å². The van der Waals surface area contributed by atoms with Crippen molar-refractivity contribution in [1.82, 2.24) is 4.72 Å². The molecule has 6 rings (SSSR count). The van der Waals surface area contributed by atoms with Crippen molar-refractivity contribution in [1.29, 1.82) is 0 Å². The summed E-state index contributed by atoms with van der Waals surface area (Å²) < 4.78 is 70.1. The molecule has 1 amide bonds. The molecule has 4 aliphatic rings. The van der Waals surface area contributed by atoms with Crippen LogP contribution in [0.4, 0.5) is 18.9 Å². The molecule has 0 heterocycles. The van der Waals surface area contributed by atoms with E-state index in [2.05, 4.69) is 10.0 Å². The third-order valence-electron chi connectivity index (χ3n) is 7.06. The zero-order valence-corrected chi connectivity index (χ0v) is 18.0. The van der Waals surface area contributed by atoms with Crippen molar-refractivity contribution in [3.63, 3.8) is 0 Å². The number of benzene rings is 2. The van der Waals surface area contributed by atoms with E-state index >= 15 is 0 Å². The smallest absolute Gasteiger partial charge is 0.258 e. The fourth-order valence-corrected chi connectivity index (χ4v) is 7.66. The van der Waals surface area contributed by atoms with Gasteiger partial charge in [-0.15, -0.1) is 0 Å². The number of carbonyl (C=O) groups excluding carboxylic acids is 1. The fourth-order valence-electron chi connectivity index (χ4n) is 6.20. The van der Waals surface area contributed by atoms with E-state index in [-0.39, 0.29) is 10.6 Å². The molecule has 9 heteroatoms. The highest BCUT2D eigenvalue weighted by Crippen LogP contribution is 2.56. The summed E-state index contributed by atoms with van der Waals surface area (Å²) in [7, 11) is -3.99. The minimum atomic E-state index is -3.99. The molecular formula is C23H23F3N2O3S. The first-order valence-corrected chi connectivity index (χ1v) is 12.2. The zero-order chi connectivity index (χ0) is 22.7. The van der Waals surface area contributed by atoms with Gasteiger partial charge >= 0.3 is 0 Å². The lowest BCUT2D eigenvalue weighted by Crippen LogP contribution is -2.59. The lowest BCUT2D eigenvalue weighted by Gasteiger charge is -2.56. The van der Waals surface area contributed by atoms with Crippen LogP contribution in [0.5, 0.6) is 0 Å². The molecule has 5 nitrogen and oxygen atoms in total. The number of sulfonamides is 1. The summed E-state index contributed by atoms with van der Waals surface area (Å²) in [5.41, 5.74) is -1.05. The molecule has 2 aromatic rings. The summed E-state index contributed by atoms with van der Waals surface area (Å²) in [6, 6.07) is 5.76. The Kier molecular flexibility index (Phi) is 5.09. The lowest BCUT2D eigenvalue weighted by molar-refractivity contribution is -0.00810. The van der Waals surface area contributed by atoms with Gasteiger partial charge in [0.05, 0.1) is 10.5 Å². The predicted octanol–water partition coefficient (Wildman–Crippen LogP) is 4.60. The van der Waals surface area contributed by atoms with Gasteiger partial charge in [-0.3, -0.25) is 4.79 Å². The van der Waals surface area contributed by atoms with Crippen molar-refractivity contribution in [2.45, 2.75) is 49.0 Å². The molecule has 0 unspecified atom stereocenters. The van der Waals surface area contributed by atoms with E-state index in [4.69, 9.17) is 0 Å². The van der Waals surface area contributed by atoms with Gasteiger partial charge in [0.1, 0.15) is 5.82 Å². The number of nitrogens with one attached hydrogen (secondary N) is 2. The largest absolute Gasteiger partial charge is 0.322 e. The lowest BCUT2D eigenvalue weighted by atomic mass is 9.53. The number of hydrogen-bond donors (Lipinski definition) is 2. The molecule has 4 saturated carbocycles. The van der Waals surface area contributed by atoms with E-state index in [0.29, 0.717) is 17.8 Å². The maximum absolute atomic E-state index is 14.4. The molecule has 2 aromatic carbocycles. The molecule has 0 saturated heterocycles. The molecule has 32 heavy (non-hydrogen) atoms. The van der Waals surface area contributed by atoms with Crippen molar-refractivity contribution < 1.29 is 26.4 Å². The minimum absolute atomic E-state index is 0.0757. The molecule has 4 fully saturated rings. The number of carbonyl (C=O) groups is 1. The van der Waals surface area contributed by atoms with Gasteiger partial charge in [0, 0.05) is 17.3 Å². The highest BCUT2D eigenvalue weighted by Gasteiger charge is 2.52. The molecule has 170 valence electrons. The topological polar surface area (TPSA) is 75.3 Å². The van der Waals surface area contributed by atoms with Crippen LogP contribution in [0.25, 0.3) is 0 Å². The minimum Gasteiger partial charge on any atom is -0.322 e. The van der Waals surface area contributed by atoms with Gasteiger partial charge in [0.25, 0.3) is 5.91 Å². The average Bonchev–Trinajstić information content (AvgIpc) is 2.69. The Morgan fingerprint density at radius 2 is 1.44 bits per heavy atom. The molecule has 4 bridgehead atoms. The number of hydrogen-bond acceptors (Lipinski definition) is 3. The number of anilines is 1. The SMILES string of the molecule is O=C(Nc1ccc(F)c(F)c1)c1cc(S(=O)(=O)NC23CC4CC(CC(C4)C2)C3)ccc1F. The van der Waals surface area contributed by atoms with Gasteiger partial charge in [0.2, 0.25) is 10.0 Å². The summed E-state index contributed by atoms with van der Waals surface area (Å²) in [6.07, 6.45) is 5.90. The Hall–Kier alpha value is -2.39. The molecule has 0 aromatic heterocycles. The Balaban J connectivity index is 1.39. The van der Waals surface area contributed by atoms with Crippen LogP contribution in [0.15, 0.2) is 41.3 Å². The fraction of sp³-hybridized carbons (Fsp3) is 0.435. The maximum atomic E-state index is 14.4. The van der Waals surface area contributed by atoms with Crippen LogP contribution in [0.2, 0.25) is 0 Å². The maximum Gasteiger partial charge on any atom is 0.258 e. The highest BCUT2D eigenvalue weighted by atomic mass is 32.2. The van der Waals surface area contributed by atoms with E-state index in [9.17, 15) is 26.4 Å². The quantitative estimate of drug-likeness (QED) is 0.679. The van der Waals surface area contributed by atoms with Crippen LogP contribution in [-0.4, -0.2) is 19.9 Å². The van der Waals surface area contributed by atoms with Crippen LogP contribution in [0.1, 0.15) is 48.9 Å². The molecule has 0 spiro atoms. The second-order valence-electron chi connectivity index (χ2n) is 9.53. The van der Waals surface area contributed by atoms with Crippen molar-refractivity contribution in [2.75, 3.05) is 5.32 Å². The van der Waals surface area contributed by atoms with Crippen LogP contribution in [0.3, 0.4) is 0 Å². The molecule has 2 N–H and O–H groups in total. The van der Waals surface area contributed by atoms with Crippen LogP contribution in [-0.2, 0) is 10.0 Å². The van der Waals surface area contributed by atoms with Crippen LogP contribution < -0.4 is 10.0 Å². The zero-order valence-electron chi connectivity index (χ0n) is 17.2. The van der Waals surface area contributed by atoms with Gasteiger partial charge < -0.3 is 5.32 Å². The molecular weight excluding hydrogens is 441 g/mol. The van der Waals surface area contributed by atoms with E-state index in [1.165, 1.54) is 0 Å². The molecule has 0 radical (unpaired) electrons. The first-order valence-electron chi connectivity index (χ1n) is 10.7. The third-order valence-corrected chi connectivity index (χ3v) is 8.64.